The van der Waals surface area contributed by atoms with Gasteiger partial charge < -0.3 is 10.0 Å². The van der Waals surface area contributed by atoms with Gasteiger partial charge in [-0.05, 0) is 0 Å². The molecule has 1 fully saturated rings. The number of hydrogen-bond acceptors (Lipinski definition) is 5. The maximum atomic E-state index is 11.0. The highest BCUT2D eigenvalue weighted by Gasteiger charge is 2.29. The number of nitrogens with zero attached hydrogens (tertiary/aromatic N) is 3. The van der Waals surface area contributed by atoms with E-state index < -0.39 is 12.0 Å². The standard InChI is InChI=1S/C9H11N3O2S/c13-9(14)7-6-15-4-3-12(7)8-5-10-1-2-11-8/h1-2,5,7H,3-4,6H2,(H,13,14). The van der Waals surface area contributed by atoms with E-state index in [1.54, 1.807) is 35.3 Å². The van der Waals surface area contributed by atoms with E-state index in [9.17, 15) is 4.79 Å². The van der Waals surface area contributed by atoms with Crippen LogP contribution >= 0.6 is 11.8 Å². The Hall–Kier alpha value is -1.30. The van der Waals surface area contributed by atoms with Crippen LogP contribution in [0.5, 0.6) is 0 Å². The Labute approximate surface area is 91.5 Å². The summed E-state index contributed by atoms with van der Waals surface area (Å²) in [6.45, 7) is 0.709. The number of aromatic nitrogens is 2. The van der Waals surface area contributed by atoms with E-state index in [0.717, 1.165) is 5.75 Å². The molecule has 1 N–H and O–H groups in total. The lowest BCUT2D eigenvalue weighted by molar-refractivity contribution is -0.138. The van der Waals surface area contributed by atoms with Gasteiger partial charge in [-0.25, -0.2) is 9.78 Å². The van der Waals surface area contributed by atoms with Gasteiger partial charge in [0, 0.05) is 30.4 Å². The van der Waals surface area contributed by atoms with Gasteiger partial charge in [0.1, 0.15) is 11.9 Å². The van der Waals surface area contributed by atoms with Crippen LogP contribution in [0.4, 0.5) is 5.82 Å². The third kappa shape index (κ3) is 2.20. The molecule has 1 aromatic heterocycles. The molecular formula is C9H11N3O2S. The van der Waals surface area contributed by atoms with Gasteiger partial charge in [-0.2, -0.15) is 11.8 Å². The van der Waals surface area contributed by atoms with E-state index >= 15 is 0 Å². The molecule has 0 radical (unpaired) electrons. The molecule has 0 amide bonds. The molecule has 0 spiro atoms. The third-order valence-electron chi connectivity index (χ3n) is 2.26. The van der Waals surface area contributed by atoms with Crippen LogP contribution in [-0.4, -0.2) is 45.1 Å². The van der Waals surface area contributed by atoms with Crippen LogP contribution in [0, 0.1) is 0 Å². The van der Waals surface area contributed by atoms with Crippen molar-refractivity contribution in [2.45, 2.75) is 6.04 Å². The fraction of sp³-hybridized carbons (Fsp3) is 0.444. The molecule has 0 aromatic carbocycles. The Balaban J connectivity index is 2.22. The fourth-order valence-corrected chi connectivity index (χ4v) is 2.56. The molecule has 15 heavy (non-hydrogen) atoms. The summed E-state index contributed by atoms with van der Waals surface area (Å²) >= 11 is 1.66. The highest BCUT2D eigenvalue weighted by atomic mass is 32.2. The van der Waals surface area contributed by atoms with Crippen molar-refractivity contribution in [3.63, 3.8) is 0 Å². The predicted molar refractivity (Wildman–Crippen MR) is 58.1 cm³/mol. The first kappa shape index (κ1) is 10.2. The minimum Gasteiger partial charge on any atom is -0.480 e. The van der Waals surface area contributed by atoms with E-state index in [0.29, 0.717) is 18.1 Å². The molecule has 1 saturated heterocycles. The molecule has 1 aliphatic heterocycles. The zero-order valence-corrected chi connectivity index (χ0v) is 8.85. The Morgan fingerprint density at radius 1 is 1.60 bits per heavy atom. The molecule has 0 saturated carbocycles. The number of aliphatic carboxylic acids is 1. The summed E-state index contributed by atoms with van der Waals surface area (Å²) < 4.78 is 0. The highest BCUT2D eigenvalue weighted by Crippen LogP contribution is 2.21. The van der Waals surface area contributed by atoms with Crippen molar-refractivity contribution >= 4 is 23.5 Å². The molecule has 1 atom stereocenters. The molecular weight excluding hydrogens is 214 g/mol. The summed E-state index contributed by atoms with van der Waals surface area (Å²) in [5.41, 5.74) is 0. The zero-order chi connectivity index (χ0) is 10.7. The Kier molecular flexibility index (Phi) is 3.05. The van der Waals surface area contributed by atoms with Crippen molar-refractivity contribution in [2.75, 3.05) is 23.0 Å². The zero-order valence-electron chi connectivity index (χ0n) is 8.04. The second kappa shape index (κ2) is 4.48. The van der Waals surface area contributed by atoms with Crippen LogP contribution in [0.15, 0.2) is 18.6 Å². The second-order valence-corrected chi connectivity index (χ2v) is 4.34. The summed E-state index contributed by atoms with van der Waals surface area (Å²) in [5.74, 6) is 1.38. The van der Waals surface area contributed by atoms with Crippen molar-refractivity contribution in [1.82, 2.24) is 9.97 Å². The highest BCUT2D eigenvalue weighted by molar-refractivity contribution is 7.99. The predicted octanol–water partition coefficient (Wildman–Crippen LogP) is 0.483. The molecule has 80 valence electrons. The molecule has 0 aliphatic carbocycles. The van der Waals surface area contributed by atoms with Gasteiger partial charge in [-0.3, -0.25) is 4.98 Å². The summed E-state index contributed by atoms with van der Waals surface area (Å²) in [5, 5.41) is 9.07. The smallest absolute Gasteiger partial charge is 0.327 e. The second-order valence-electron chi connectivity index (χ2n) is 3.19. The molecule has 2 rings (SSSR count). The molecule has 1 aliphatic rings. The van der Waals surface area contributed by atoms with Crippen molar-refractivity contribution in [3.05, 3.63) is 18.6 Å². The number of carboxylic acid groups (broad SMARTS) is 1. The van der Waals surface area contributed by atoms with Gasteiger partial charge in [0.15, 0.2) is 0 Å². The normalized spacial score (nSPS) is 21.3. The number of carbonyl (C=O) groups is 1. The fourth-order valence-electron chi connectivity index (χ4n) is 1.52. The van der Waals surface area contributed by atoms with E-state index in [1.165, 1.54) is 0 Å². The maximum absolute atomic E-state index is 11.0. The van der Waals surface area contributed by atoms with Gasteiger partial charge in [0.05, 0.1) is 6.20 Å². The average molecular weight is 225 g/mol. The molecule has 1 unspecified atom stereocenters. The summed E-state index contributed by atoms with van der Waals surface area (Å²) in [4.78, 5) is 20.9. The van der Waals surface area contributed by atoms with E-state index in [2.05, 4.69) is 9.97 Å². The van der Waals surface area contributed by atoms with Crippen LogP contribution in [0.2, 0.25) is 0 Å². The van der Waals surface area contributed by atoms with Gasteiger partial charge in [-0.15, -0.1) is 0 Å². The first-order chi connectivity index (χ1) is 7.29. The molecule has 2 heterocycles. The van der Waals surface area contributed by atoms with Crippen LogP contribution in [0.3, 0.4) is 0 Å². The molecule has 6 heteroatoms. The summed E-state index contributed by atoms with van der Waals surface area (Å²) in [6.07, 6.45) is 4.76. The van der Waals surface area contributed by atoms with Crippen LogP contribution < -0.4 is 4.90 Å². The molecule has 0 bridgehead atoms. The Morgan fingerprint density at radius 3 is 3.13 bits per heavy atom. The minimum atomic E-state index is -0.798. The lowest BCUT2D eigenvalue weighted by atomic mass is 10.3. The quantitative estimate of drug-likeness (QED) is 0.790. The van der Waals surface area contributed by atoms with Crippen molar-refractivity contribution < 1.29 is 9.90 Å². The van der Waals surface area contributed by atoms with E-state index in [4.69, 9.17) is 5.11 Å². The molecule has 5 nitrogen and oxygen atoms in total. The van der Waals surface area contributed by atoms with Crippen LogP contribution in [0.25, 0.3) is 0 Å². The average Bonchev–Trinajstić information content (AvgIpc) is 2.30. The van der Waals surface area contributed by atoms with Gasteiger partial charge in [0.25, 0.3) is 0 Å². The van der Waals surface area contributed by atoms with Crippen molar-refractivity contribution in [3.8, 4) is 0 Å². The molecule has 1 aromatic rings. The van der Waals surface area contributed by atoms with Gasteiger partial charge in [0.2, 0.25) is 0 Å². The number of rotatable bonds is 2. The Morgan fingerprint density at radius 2 is 2.47 bits per heavy atom. The summed E-state index contributed by atoms with van der Waals surface area (Å²) in [6, 6.07) is -0.486. The number of carboxylic acids is 1. The number of hydrogen-bond donors (Lipinski definition) is 1. The maximum Gasteiger partial charge on any atom is 0.327 e. The monoisotopic (exact) mass is 225 g/mol. The van der Waals surface area contributed by atoms with Crippen molar-refractivity contribution in [1.29, 1.82) is 0 Å². The third-order valence-corrected chi connectivity index (χ3v) is 3.28. The largest absolute Gasteiger partial charge is 0.480 e. The number of thioether (sulfide) groups is 1. The topological polar surface area (TPSA) is 66.3 Å². The lowest BCUT2D eigenvalue weighted by Crippen LogP contribution is -2.47. The van der Waals surface area contributed by atoms with Gasteiger partial charge in [-0.1, -0.05) is 0 Å². The summed E-state index contributed by atoms with van der Waals surface area (Å²) in [7, 11) is 0. The Bertz CT molecular complexity index is 346. The van der Waals surface area contributed by atoms with Crippen molar-refractivity contribution in [2.24, 2.45) is 0 Å². The van der Waals surface area contributed by atoms with Crippen LogP contribution in [0.1, 0.15) is 0 Å². The first-order valence-corrected chi connectivity index (χ1v) is 5.77. The minimum absolute atomic E-state index is 0.486. The first-order valence-electron chi connectivity index (χ1n) is 4.62. The lowest BCUT2D eigenvalue weighted by Gasteiger charge is -2.33. The SMILES string of the molecule is O=C(O)C1CSCCN1c1cnccn1. The van der Waals surface area contributed by atoms with Gasteiger partial charge >= 0.3 is 5.97 Å². The number of anilines is 1. The van der Waals surface area contributed by atoms with E-state index in [-0.39, 0.29) is 0 Å². The van der Waals surface area contributed by atoms with E-state index in [1.807, 2.05) is 0 Å². The van der Waals surface area contributed by atoms with Crippen LogP contribution in [-0.2, 0) is 4.79 Å².